The number of hydrogen-bond acceptors (Lipinski definition) is 2. The van der Waals surface area contributed by atoms with Crippen LogP contribution in [-0.4, -0.2) is 11.1 Å². The van der Waals surface area contributed by atoms with Gasteiger partial charge in [-0.1, -0.05) is 18.2 Å². The molecular weight excluding hydrogens is 308 g/mol. The number of amides is 2. The molecule has 0 unspecified atom stereocenters. The van der Waals surface area contributed by atoms with Crippen molar-refractivity contribution in [1.29, 1.82) is 0 Å². The molecule has 2 aromatic carbocycles. The average molecular weight is 321 g/mol. The monoisotopic (exact) mass is 320 g/mol. The Morgan fingerprint density at radius 2 is 1.79 bits per heavy atom. The zero-order chi connectivity index (χ0) is 13.8. The summed E-state index contributed by atoms with van der Waals surface area (Å²) in [4.78, 5) is 11.8. The predicted octanol–water partition coefficient (Wildman–Crippen LogP) is 4.11. The van der Waals surface area contributed by atoms with Crippen LogP contribution in [0.2, 0.25) is 0 Å². The number of carbonyl (C=O) groups is 1. The number of aryl methyl sites for hydroxylation is 1. The second-order valence-electron chi connectivity index (χ2n) is 4.08. The van der Waals surface area contributed by atoms with Gasteiger partial charge in [-0.05, 0) is 52.7 Å². The molecule has 98 valence electrons. The van der Waals surface area contributed by atoms with Crippen molar-refractivity contribution in [3.63, 3.8) is 0 Å². The molecule has 0 aliphatic rings. The van der Waals surface area contributed by atoms with Crippen molar-refractivity contribution in [3.05, 3.63) is 52.5 Å². The molecule has 0 spiro atoms. The third-order valence-electron chi connectivity index (χ3n) is 2.52. The van der Waals surface area contributed by atoms with Crippen LogP contribution >= 0.6 is 15.9 Å². The Hall–Kier alpha value is -2.01. The third-order valence-corrected chi connectivity index (χ3v) is 3.21. The summed E-state index contributed by atoms with van der Waals surface area (Å²) in [5, 5.41) is 15.0. The number of aromatic hydroxyl groups is 1. The lowest BCUT2D eigenvalue weighted by molar-refractivity contribution is 0.262. The maximum absolute atomic E-state index is 11.8. The van der Waals surface area contributed by atoms with Crippen molar-refractivity contribution < 1.29 is 9.90 Å². The first-order chi connectivity index (χ1) is 9.06. The topological polar surface area (TPSA) is 61.4 Å². The molecular formula is C14H13BrN2O2. The first-order valence-corrected chi connectivity index (χ1v) is 6.48. The molecule has 2 rings (SSSR count). The largest absolute Gasteiger partial charge is 0.506 e. The Labute approximate surface area is 119 Å². The molecule has 0 aliphatic heterocycles. The fraction of sp³-hybridized carbons (Fsp3) is 0.0714. The molecule has 0 radical (unpaired) electrons. The number of phenols is 1. The van der Waals surface area contributed by atoms with Crippen LogP contribution in [0.15, 0.2) is 46.9 Å². The van der Waals surface area contributed by atoms with Gasteiger partial charge in [0.25, 0.3) is 0 Å². The smallest absolute Gasteiger partial charge is 0.323 e. The fourth-order valence-corrected chi connectivity index (χ4v) is 1.97. The van der Waals surface area contributed by atoms with Crippen LogP contribution in [0.4, 0.5) is 16.2 Å². The molecule has 0 atom stereocenters. The molecule has 0 saturated heterocycles. The van der Waals surface area contributed by atoms with Gasteiger partial charge in [0.2, 0.25) is 0 Å². The average Bonchev–Trinajstić information content (AvgIpc) is 2.36. The standard InChI is InChI=1S/C14H13BrN2O2/c1-9-6-7-12(13(18)8-9)17-14(19)16-11-5-3-2-4-10(11)15/h2-8,18H,1H3,(H2,16,17,19). The summed E-state index contributed by atoms with van der Waals surface area (Å²) < 4.78 is 0.790. The maximum atomic E-state index is 11.8. The van der Waals surface area contributed by atoms with Crippen LogP contribution in [-0.2, 0) is 0 Å². The quantitative estimate of drug-likeness (QED) is 0.729. The minimum Gasteiger partial charge on any atom is -0.506 e. The molecule has 0 saturated carbocycles. The Bertz CT molecular complexity index is 614. The minimum atomic E-state index is -0.411. The molecule has 0 aromatic heterocycles. The fourth-order valence-electron chi connectivity index (χ4n) is 1.59. The van der Waals surface area contributed by atoms with Crippen LogP contribution in [0.5, 0.6) is 5.75 Å². The van der Waals surface area contributed by atoms with E-state index in [4.69, 9.17) is 0 Å². The molecule has 0 fully saturated rings. The molecule has 2 aromatic rings. The van der Waals surface area contributed by atoms with Gasteiger partial charge >= 0.3 is 6.03 Å². The van der Waals surface area contributed by atoms with E-state index in [1.54, 1.807) is 18.2 Å². The van der Waals surface area contributed by atoms with E-state index in [-0.39, 0.29) is 5.75 Å². The number of hydrogen-bond donors (Lipinski definition) is 3. The Kier molecular flexibility index (Phi) is 4.06. The Balaban J connectivity index is 2.08. The SMILES string of the molecule is Cc1ccc(NC(=O)Nc2ccccc2Br)c(O)c1. The molecule has 0 aliphatic carbocycles. The first-order valence-electron chi connectivity index (χ1n) is 5.68. The van der Waals surface area contributed by atoms with Crippen LogP contribution in [0.1, 0.15) is 5.56 Å². The summed E-state index contributed by atoms with van der Waals surface area (Å²) in [6.07, 6.45) is 0. The van der Waals surface area contributed by atoms with Crippen molar-refractivity contribution in [2.75, 3.05) is 10.6 Å². The number of nitrogens with one attached hydrogen (secondary N) is 2. The zero-order valence-corrected chi connectivity index (χ0v) is 11.9. The van der Waals surface area contributed by atoms with E-state index in [0.717, 1.165) is 10.0 Å². The lowest BCUT2D eigenvalue weighted by atomic mass is 10.2. The highest BCUT2D eigenvalue weighted by molar-refractivity contribution is 9.10. The highest BCUT2D eigenvalue weighted by Crippen LogP contribution is 2.25. The van der Waals surface area contributed by atoms with E-state index < -0.39 is 6.03 Å². The van der Waals surface area contributed by atoms with Crippen molar-refractivity contribution in [3.8, 4) is 5.75 Å². The number of urea groups is 1. The van der Waals surface area contributed by atoms with Gasteiger partial charge in [0.15, 0.2) is 0 Å². The normalized spacial score (nSPS) is 10.0. The van der Waals surface area contributed by atoms with E-state index in [0.29, 0.717) is 11.4 Å². The van der Waals surface area contributed by atoms with E-state index in [1.807, 2.05) is 31.2 Å². The summed E-state index contributed by atoms with van der Waals surface area (Å²) in [6.45, 7) is 1.87. The predicted molar refractivity (Wildman–Crippen MR) is 79.6 cm³/mol. The second kappa shape index (κ2) is 5.75. The molecule has 0 heterocycles. The Morgan fingerprint density at radius 3 is 2.47 bits per heavy atom. The van der Waals surface area contributed by atoms with Crippen LogP contribution in [0.3, 0.4) is 0 Å². The summed E-state index contributed by atoms with van der Waals surface area (Å²) in [6, 6.07) is 11.9. The number of phenolic OH excluding ortho intramolecular Hbond substituents is 1. The van der Waals surface area contributed by atoms with Crippen molar-refractivity contribution in [2.24, 2.45) is 0 Å². The third kappa shape index (κ3) is 3.48. The summed E-state index contributed by atoms with van der Waals surface area (Å²) in [5.74, 6) is 0.0438. The Morgan fingerprint density at radius 1 is 1.11 bits per heavy atom. The highest BCUT2D eigenvalue weighted by Gasteiger charge is 2.07. The zero-order valence-electron chi connectivity index (χ0n) is 10.3. The highest BCUT2D eigenvalue weighted by atomic mass is 79.9. The van der Waals surface area contributed by atoms with Crippen molar-refractivity contribution in [1.82, 2.24) is 0 Å². The number of halogens is 1. The molecule has 19 heavy (non-hydrogen) atoms. The summed E-state index contributed by atoms with van der Waals surface area (Å²) in [7, 11) is 0. The lowest BCUT2D eigenvalue weighted by Gasteiger charge is -2.10. The van der Waals surface area contributed by atoms with E-state index in [1.165, 1.54) is 0 Å². The molecule has 4 nitrogen and oxygen atoms in total. The van der Waals surface area contributed by atoms with E-state index in [2.05, 4.69) is 26.6 Å². The van der Waals surface area contributed by atoms with Crippen molar-refractivity contribution in [2.45, 2.75) is 6.92 Å². The number of anilines is 2. The number of para-hydroxylation sites is 1. The van der Waals surface area contributed by atoms with Gasteiger partial charge in [0.05, 0.1) is 11.4 Å². The summed E-state index contributed by atoms with van der Waals surface area (Å²) >= 11 is 3.34. The van der Waals surface area contributed by atoms with Crippen LogP contribution < -0.4 is 10.6 Å². The molecule has 5 heteroatoms. The van der Waals surface area contributed by atoms with E-state index >= 15 is 0 Å². The summed E-state index contributed by atoms with van der Waals surface area (Å²) in [5.41, 5.74) is 1.95. The van der Waals surface area contributed by atoms with E-state index in [9.17, 15) is 9.90 Å². The molecule has 3 N–H and O–H groups in total. The van der Waals surface area contributed by atoms with Crippen molar-refractivity contribution >= 4 is 33.3 Å². The van der Waals surface area contributed by atoms with Crippen LogP contribution in [0, 0.1) is 6.92 Å². The lowest BCUT2D eigenvalue weighted by Crippen LogP contribution is -2.19. The number of benzene rings is 2. The first kappa shape index (κ1) is 13.4. The molecule has 2 amide bonds. The second-order valence-corrected chi connectivity index (χ2v) is 4.93. The van der Waals surface area contributed by atoms with Gasteiger partial charge in [-0.15, -0.1) is 0 Å². The maximum Gasteiger partial charge on any atom is 0.323 e. The molecule has 0 bridgehead atoms. The number of rotatable bonds is 2. The minimum absolute atomic E-state index is 0.0438. The van der Waals surface area contributed by atoms with Gasteiger partial charge in [0, 0.05) is 4.47 Å². The van der Waals surface area contributed by atoms with Gasteiger partial charge in [-0.2, -0.15) is 0 Å². The van der Waals surface area contributed by atoms with Crippen LogP contribution in [0.25, 0.3) is 0 Å². The van der Waals surface area contributed by atoms with Gasteiger partial charge in [0.1, 0.15) is 5.75 Å². The van der Waals surface area contributed by atoms with Gasteiger partial charge in [-0.3, -0.25) is 0 Å². The van der Waals surface area contributed by atoms with Gasteiger partial charge < -0.3 is 15.7 Å². The number of carbonyl (C=O) groups excluding carboxylic acids is 1. The van der Waals surface area contributed by atoms with Gasteiger partial charge in [-0.25, -0.2) is 4.79 Å².